The summed E-state index contributed by atoms with van der Waals surface area (Å²) in [6.07, 6.45) is 3.51. The number of pyridine rings is 1. The summed E-state index contributed by atoms with van der Waals surface area (Å²) >= 11 is 0. The van der Waals surface area contributed by atoms with Gasteiger partial charge >= 0.3 is 0 Å². The number of hydrogen-bond donors (Lipinski definition) is 1. The monoisotopic (exact) mass is 302 g/mol. The summed E-state index contributed by atoms with van der Waals surface area (Å²) in [5.41, 5.74) is 1.23. The molecule has 2 aromatic rings. The Morgan fingerprint density at radius 3 is 2.50 bits per heavy atom. The van der Waals surface area contributed by atoms with E-state index in [-0.39, 0.29) is 5.91 Å². The molecule has 2 rings (SSSR count). The summed E-state index contributed by atoms with van der Waals surface area (Å²) in [6.45, 7) is 7.47. The zero-order valence-electron chi connectivity index (χ0n) is 13.3. The number of anilines is 2. The van der Waals surface area contributed by atoms with Gasteiger partial charge in [0.25, 0.3) is 5.91 Å². The maximum Gasteiger partial charge on any atom is 0.272 e. The number of rotatable bonds is 7. The van der Waals surface area contributed by atoms with Crippen LogP contribution >= 0.6 is 0 Å². The Labute approximate surface area is 130 Å². The summed E-state index contributed by atoms with van der Waals surface area (Å²) < 4.78 is 4.99. The van der Waals surface area contributed by atoms with Crippen molar-refractivity contribution >= 4 is 17.4 Å². The molecule has 1 N–H and O–H groups in total. The van der Waals surface area contributed by atoms with Crippen molar-refractivity contribution < 1.29 is 9.32 Å². The number of amides is 1. The third-order valence-electron chi connectivity index (χ3n) is 3.16. The lowest BCUT2D eigenvalue weighted by molar-refractivity contribution is 0.0749. The molecule has 0 aliphatic heterocycles. The van der Waals surface area contributed by atoms with Gasteiger partial charge in [-0.2, -0.15) is 0 Å². The summed E-state index contributed by atoms with van der Waals surface area (Å²) in [5, 5.41) is 6.93. The Hall–Kier alpha value is -2.37. The standard InChI is InChI=1S/C16H22N4O2/c1-4-8-20(9-5-2)16(21)14-7-6-13(11-17-14)18-15-10-12(3)22-19-15/h6-7,10-11H,4-5,8-9H2,1-3H3,(H,18,19). The highest BCUT2D eigenvalue weighted by atomic mass is 16.5. The van der Waals surface area contributed by atoms with Crippen LogP contribution in [0.5, 0.6) is 0 Å². The highest BCUT2D eigenvalue weighted by Crippen LogP contribution is 2.16. The Morgan fingerprint density at radius 1 is 1.27 bits per heavy atom. The van der Waals surface area contributed by atoms with Gasteiger partial charge in [0.15, 0.2) is 5.82 Å². The number of hydrogen-bond acceptors (Lipinski definition) is 5. The van der Waals surface area contributed by atoms with Crippen LogP contribution < -0.4 is 5.32 Å². The van der Waals surface area contributed by atoms with Gasteiger partial charge in [0.2, 0.25) is 0 Å². The van der Waals surface area contributed by atoms with Gasteiger partial charge in [-0.15, -0.1) is 0 Å². The van der Waals surface area contributed by atoms with Crippen molar-refractivity contribution in [3.8, 4) is 0 Å². The van der Waals surface area contributed by atoms with Gasteiger partial charge in [-0.3, -0.25) is 4.79 Å². The molecular formula is C16H22N4O2. The van der Waals surface area contributed by atoms with Crippen LogP contribution in [0.25, 0.3) is 0 Å². The van der Waals surface area contributed by atoms with Crippen molar-refractivity contribution in [1.29, 1.82) is 0 Å². The zero-order valence-corrected chi connectivity index (χ0v) is 13.3. The molecule has 2 aromatic heterocycles. The molecule has 0 saturated heterocycles. The Kier molecular flexibility index (Phi) is 5.52. The number of carbonyl (C=O) groups is 1. The van der Waals surface area contributed by atoms with Crippen molar-refractivity contribution in [3.05, 3.63) is 35.9 Å². The second-order valence-electron chi connectivity index (χ2n) is 5.17. The van der Waals surface area contributed by atoms with E-state index < -0.39 is 0 Å². The minimum Gasteiger partial charge on any atom is -0.360 e. The van der Waals surface area contributed by atoms with Crippen LogP contribution in [0, 0.1) is 6.92 Å². The number of carbonyl (C=O) groups excluding carboxylic acids is 1. The van der Waals surface area contributed by atoms with E-state index in [0.29, 0.717) is 11.5 Å². The van der Waals surface area contributed by atoms with Crippen LogP contribution in [-0.2, 0) is 0 Å². The van der Waals surface area contributed by atoms with Gasteiger partial charge in [-0.1, -0.05) is 19.0 Å². The van der Waals surface area contributed by atoms with E-state index in [4.69, 9.17) is 4.52 Å². The topological polar surface area (TPSA) is 71.3 Å². The third-order valence-corrected chi connectivity index (χ3v) is 3.16. The molecule has 0 aromatic carbocycles. The molecule has 0 spiro atoms. The lowest BCUT2D eigenvalue weighted by Gasteiger charge is -2.20. The maximum atomic E-state index is 12.4. The summed E-state index contributed by atoms with van der Waals surface area (Å²) in [6, 6.07) is 5.35. The third kappa shape index (κ3) is 4.07. The highest BCUT2D eigenvalue weighted by Gasteiger charge is 2.15. The van der Waals surface area contributed by atoms with Gasteiger partial charge in [0.1, 0.15) is 11.5 Å². The quantitative estimate of drug-likeness (QED) is 0.849. The molecule has 1 amide bonds. The van der Waals surface area contributed by atoms with Gasteiger partial charge in [-0.25, -0.2) is 4.98 Å². The first-order valence-electron chi connectivity index (χ1n) is 7.59. The van der Waals surface area contributed by atoms with Crippen molar-refractivity contribution in [2.45, 2.75) is 33.6 Å². The smallest absolute Gasteiger partial charge is 0.272 e. The second kappa shape index (κ2) is 7.59. The van der Waals surface area contributed by atoms with E-state index >= 15 is 0 Å². The van der Waals surface area contributed by atoms with Crippen LogP contribution in [0.2, 0.25) is 0 Å². The molecule has 0 bridgehead atoms. The molecule has 6 heteroatoms. The normalized spacial score (nSPS) is 10.5. The average molecular weight is 302 g/mol. The summed E-state index contributed by atoms with van der Waals surface area (Å²) in [7, 11) is 0. The number of nitrogens with one attached hydrogen (secondary N) is 1. The molecule has 0 radical (unpaired) electrons. The molecule has 0 atom stereocenters. The summed E-state index contributed by atoms with van der Waals surface area (Å²) in [5.74, 6) is 1.33. The predicted octanol–water partition coefficient (Wildman–Crippen LogP) is 3.38. The minimum absolute atomic E-state index is 0.0208. The Balaban J connectivity index is 2.05. The average Bonchev–Trinajstić information content (AvgIpc) is 2.92. The number of aryl methyl sites for hydroxylation is 1. The molecule has 6 nitrogen and oxygen atoms in total. The molecule has 0 aliphatic carbocycles. The van der Waals surface area contributed by atoms with Crippen LogP contribution in [0.4, 0.5) is 11.5 Å². The lowest BCUT2D eigenvalue weighted by atomic mass is 10.2. The summed E-state index contributed by atoms with van der Waals surface area (Å²) in [4.78, 5) is 18.5. The SMILES string of the molecule is CCCN(CCC)C(=O)c1ccc(Nc2cc(C)on2)cn1. The molecule has 0 unspecified atom stereocenters. The Morgan fingerprint density at radius 2 is 2.00 bits per heavy atom. The van der Waals surface area contributed by atoms with Crippen LogP contribution in [0.1, 0.15) is 42.9 Å². The predicted molar refractivity (Wildman–Crippen MR) is 85.2 cm³/mol. The second-order valence-corrected chi connectivity index (χ2v) is 5.17. The fourth-order valence-electron chi connectivity index (χ4n) is 2.18. The first-order valence-corrected chi connectivity index (χ1v) is 7.59. The molecular weight excluding hydrogens is 280 g/mol. The maximum absolute atomic E-state index is 12.4. The largest absolute Gasteiger partial charge is 0.360 e. The fourth-order valence-corrected chi connectivity index (χ4v) is 2.18. The van der Waals surface area contributed by atoms with E-state index in [1.165, 1.54) is 0 Å². The van der Waals surface area contributed by atoms with E-state index in [1.54, 1.807) is 18.3 Å². The van der Waals surface area contributed by atoms with Crippen molar-refractivity contribution in [3.63, 3.8) is 0 Å². The molecule has 0 aliphatic rings. The van der Waals surface area contributed by atoms with E-state index in [2.05, 4.69) is 29.3 Å². The van der Waals surface area contributed by atoms with E-state index in [1.807, 2.05) is 17.9 Å². The van der Waals surface area contributed by atoms with Crippen molar-refractivity contribution in [2.24, 2.45) is 0 Å². The lowest BCUT2D eigenvalue weighted by Crippen LogP contribution is -2.33. The fraction of sp³-hybridized carbons (Fsp3) is 0.438. The number of nitrogens with zero attached hydrogens (tertiary/aromatic N) is 3. The van der Waals surface area contributed by atoms with Gasteiger partial charge in [0.05, 0.1) is 11.9 Å². The van der Waals surface area contributed by atoms with Gasteiger partial charge in [-0.05, 0) is 31.9 Å². The highest BCUT2D eigenvalue weighted by molar-refractivity contribution is 5.92. The van der Waals surface area contributed by atoms with Crippen molar-refractivity contribution in [1.82, 2.24) is 15.0 Å². The molecule has 0 saturated carbocycles. The Bertz CT molecular complexity index is 601. The van der Waals surface area contributed by atoms with Crippen LogP contribution in [0.3, 0.4) is 0 Å². The van der Waals surface area contributed by atoms with Gasteiger partial charge < -0.3 is 14.7 Å². The van der Waals surface area contributed by atoms with Crippen LogP contribution in [-0.4, -0.2) is 34.0 Å². The number of aromatic nitrogens is 2. The molecule has 22 heavy (non-hydrogen) atoms. The molecule has 2 heterocycles. The molecule has 0 fully saturated rings. The first kappa shape index (κ1) is 16.0. The van der Waals surface area contributed by atoms with E-state index in [0.717, 1.165) is 37.4 Å². The molecule has 118 valence electrons. The van der Waals surface area contributed by atoms with Gasteiger partial charge in [0, 0.05) is 19.2 Å². The van der Waals surface area contributed by atoms with Crippen molar-refractivity contribution in [2.75, 3.05) is 18.4 Å². The van der Waals surface area contributed by atoms with Crippen LogP contribution in [0.15, 0.2) is 28.9 Å². The zero-order chi connectivity index (χ0) is 15.9. The minimum atomic E-state index is -0.0208. The first-order chi connectivity index (χ1) is 10.6. The van der Waals surface area contributed by atoms with E-state index in [9.17, 15) is 4.79 Å².